The number of carbonyl (C=O) groups excluding carboxylic acids is 3. The van der Waals surface area contributed by atoms with Gasteiger partial charge in [0.2, 0.25) is 0 Å². The molecule has 9 heteroatoms. The third-order valence-electron chi connectivity index (χ3n) is 6.62. The zero-order chi connectivity index (χ0) is 28.3. The van der Waals surface area contributed by atoms with E-state index in [0.29, 0.717) is 29.2 Å². The predicted octanol–water partition coefficient (Wildman–Crippen LogP) is 6.17. The van der Waals surface area contributed by atoms with Gasteiger partial charge in [-0.15, -0.1) is 0 Å². The molecule has 2 heterocycles. The standard InChI is InChI=1S/C30H32N2O6S/c1-6-7-16-38-22-14-12-21(13-15-22)25(33)23-24(20-10-8-19(9-11-20)17(2)3)32(28(35)26(23)34)30-31-18(4)27(39-30)29(36)37-5/h8-15,17,24,33H,6-7,16H2,1-5H3/b25-23-. The zero-order valence-electron chi connectivity index (χ0n) is 22.7. The minimum Gasteiger partial charge on any atom is -0.507 e. The molecule has 1 saturated heterocycles. The van der Waals surface area contributed by atoms with Crippen LogP contribution in [0.25, 0.3) is 5.76 Å². The highest BCUT2D eigenvalue weighted by Gasteiger charge is 2.48. The van der Waals surface area contributed by atoms with Crippen molar-refractivity contribution in [1.29, 1.82) is 0 Å². The Morgan fingerprint density at radius 2 is 1.77 bits per heavy atom. The number of carbonyl (C=O) groups is 3. The molecule has 0 bridgehead atoms. The number of hydrogen-bond acceptors (Lipinski definition) is 8. The smallest absolute Gasteiger partial charge is 0.350 e. The highest BCUT2D eigenvalue weighted by atomic mass is 32.1. The number of aliphatic hydroxyl groups excluding tert-OH is 1. The fraction of sp³-hybridized carbons (Fsp3) is 0.333. The first-order valence-electron chi connectivity index (χ1n) is 12.9. The number of anilines is 1. The van der Waals surface area contributed by atoms with Crippen molar-refractivity contribution in [2.45, 2.75) is 52.5 Å². The zero-order valence-corrected chi connectivity index (χ0v) is 23.5. The number of rotatable bonds is 9. The SMILES string of the molecule is CCCCOc1ccc(/C(O)=C2/C(=O)C(=O)N(c3nc(C)c(C(=O)OC)s3)C2c2ccc(C(C)C)cc2)cc1. The molecular formula is C30H32N2O6S. The van der Waals surface area contributed by atoms with Crippen LogP contribution in [0.3, 0.4) is 0 Å². The molecule has 204 valence electrons. The van der Waals surface area contributed by atoms with E-state index in [4.69, 9.17) is 9.47 Å². The van der Waals surface area contributed by atoms with Crippen molar-refractivity contribution in [3.63, 3.8) is 0 Å². The van der Waals surface area contributed by atoms with Crippen LogP contribution in [0.1, 0.15) is 77.6 Å². The molecule has 1 unspecified atom stereocenters. The summed E-state index contributed by atoms with van der Waals surface area (Å²) in [6.07, 6.45) is 1.94. The predicted molar refractivity (Wildman–Crippen MR) is 150 cm³/mol. The Hall–Kier alpha value is -3.98. The number of Topliss-reactive ketones (excluding diaryl/α,β-unsaturated/α-hetero) is 1. The summed E-state index contributed by atoms with van der Waals surface area (Å²) in [5, 5.41) is 11.6. The molecule has 0 aliphatic carbocycles. The highest BCUT2D eigenvalue weighted by molar-refractivity contribution is 7.17. The summed E-state index contributed by atoms with van der Waals surface area (Å²) >= 11 is 0.969. The molecule has 0 radical (unpaired) electrons. The lowest BCUT2D eigenvalue weighted by atomic mass is 9.93. The molecular weight excluding hydrogens is 516 g/mol. The van der Waals surface area contributed by atoms with Crippen LogP contribution in [0.4, 0.5) is 5.13 Å². The summed E-state index contributed by atoms with van der Waals surface area (Å²) in [7, 11) is 1.27. The number of benzene rings is 2. The summed E-state index contributed by atoms with van der Waals surface area (Å²) < 4.78 is 10.6. The van der Waals surface area contributed by atoms with E-state index in [0.717, 1.165) is 29.7 Å². The second-order valence-electron chi connectivity index (χ2n) is 9.62. The summed E-state index contributed by atoms with van der Waals surface area (Å²) in [4.78, 5) is 45.0. The van der Waals surface area contributed by atoms with Crippen LogP contribution in [-0.2, 0) is 14.3 Å². The summed E-state index contributed by atoms with van der Waals surface area (Å²) in [5.74, 6) is -1.61. The van der Waals surface area contributed by atoms with Crippen molar-refractivity contribution in [2.75, 3.05) is 18.6 Å². The molecule has 4 rings (SSSR count). The number of amides is 1. The third kappa shape index (κ3) is 5.59. The van der Waals surface area contributed by atoms with Crippen LogP contribution >= 0.6 is 11.3 Å². The largest absolute Gasteiger partial charge is 0.507 e. The average molecular weight is 549 g/mol. The van der Waals surface area contributed by atoms with Gasteiger partial charge in [-0.05, 0) is 54.7 Å². The quantitative estimate of drug-likeness (QED) is 0.112. The van der Waals surface area contributed by atoms with E-state index >= 15 is 0 Å². The maximum Gasteiger partial charge on any atom is 0.350 e. The van der Waals surface area contributed by atoms with Crippen LogP contribution < -0.4 is 9.64 Å². The Morgan fingerprint density at radius 1 is 1.10 bits per heavy atom. The highest BCUT2D eigenvalue weighted by Crippen LogP contribution is 2.44. The number of esters is 1. The lowest BCUT2D eigenvalue weighted by Gasteiger charge is -2.23. The normalized spacial score (nSPS) is 16.7. The lowest BCUT2D eigenvalue weighted by molar-refractivity contribution is -0.132. The number of nitrogens with zero attached hydrogens (tertiary/aromatic N) is 2. The van der Waals surface area contributed by atoms with Gasteiger partial charge in [0.15, 0.2) is 5.13 Å². The van der Waals surface area contributed by atoms with Gasteiger partial charge in [0.05, 0.1) is 31.0 Å². The van der Waals surface area contributed by atoms with Crippen LogP contribution in [0.5, 0.6) is 5.75 Å². The molecule has 1 aromatic heterocycles. The summed E-state index contributed by atoms with van der Waals surface area (Å²) in [6, 6.07) is 13.4. The second-order valence-corrected chi connectivity index (χ2v) is 10.6. The number of ether oxygens (including phenoxy) is 2. The number of methoxy groups -OCH3 is 1. The van der Waals surface area contributed by atoms with Gasteiger partial charge in [-0.25, -0.2) is 9.78 Å². The molecule has 3 aromatic rings. The van der Waals surface area contributed by atoms with Gasteiger partial charge in [-0.2, -0.15) is 0 Å². The maximum absolute atomic E-state index is 13.4. The summed E-state index contributed by atoms with van der Waals surface area (Å²) in [5.41, 5.74) is 2.44. The Labute approximate surface area is 231 Å². The van der Waals surface area contributed by atoms with Crippen molar-refractivity contribution in [2.24, 2.45) is 0 Å². The topological polar surface area (TPSA) is 106 Å². The van der Waals surface area contributed by atoms with Crippen molar-refractivity contribution in [1.82, 2.24) is 4.98 Å². The number of aliphatic hydroxyl groups is 1. The van der Waals surface area contributed by atoms with Gasteiger partial charge >= 0.3 is 11.9 Å². The van der Waals surface area contributed by atoms with Gasteiger partial charge in [0, 0.05) is 5.56 Å². The van der Waals surface area contributed by atoms with E-state index < -0.39 is 23.7 Å². The minimum absolute atomic E-state index is 0.0515. The molecule has 39 heavy (non-hydrogen) atoms. The van der Waals surface area contributed by atoms with E-state index in [-0.39, 0.29) is 27.3 Å². The van der Waals surface area contributed by atoms with E-state index in [9.17, 15) is 19.5 Å². The molecule has 0 saturated carbocycles. The third-order valence-corrected chi connectivity index (χ3v) is 7.76. The van der Waals surface area contributed by atoms with Crippen LogP contribution in [0.2, 0.25) is 0 Å². The monoisotopic (exact) mass is 548 g/mol. The average Bonchev–Trinajstić information content (AvgIpc) is 3.44. The number of thiazole rings is 1. The number of aromatic nitrogens is 1. The molecule has 1 aliphatic rings. The van der Waals surface area contributed by atoms with Gasteiger partial charge in [0.25, 0.3) is 5.78 Å². The molecule has 1 fully saturated rings. The fourth-order valence-corrected chi connectivity index (χ4v) is 5.39. The molecule has 1 N–H and O–H groups in total. The van der Waals surface area contributed by atoms with Crippen molar-refractivity contribution >= 4 is 39.9 Å². The van der Waals surface area contributed by atoms with Crippen molar-refractivity contribution < 1.29 is 29.0 Å². The van der Waals surface area contributed by atoms with E-state index in [1.54, 1.807) is 31.2 Å². The minimum atomic E-state index is -0.942. The Morgan fingerprint density at radius 3 is 2.36 bits per heavy atom. The first-order chi connectivity index (χ1) is 18.7. The van der Waals surface area contributed by atoms with Gasteiger partial charge in [0.1, 0.15) is 16.4 Å². The van der Waals surface area contributed by atoms with Gasteiger partial charge < -0.3 is 14.6 Å². The first kappa shape index (κ1) is 28.0. The summed E-state index contributed by atoms with van der Waals surface area (Å²) in [6.45, 7) is 8.45. The number of unbranched alkanes of at least 4 members (excludes halogenated alkanes) is 1. The molecule has 0 spiro atoms. The van der Waals surface area contributed by atoms with E-state index in [1.165, 1.54) is 12.0 Å². The van der Waals surface area contributed by atoms with E-state index in [1.807, 2.05) is 24.3 Å². The second kappa shape index (κ2) is 11.8. The number of aryl methyl sites for hydroxylation is 1. The van der Waals surface area contributed by atoms with E-state index in [2.05, 4.69) is 25.8 Å². The first-order valence-corrected chi connectivity index (χ1v) is 13.7. The number of ketones is 1. The maximum atomic E-state index is 13.4. The molecule has 1 aliphatic heterocycles. The Kier molecular flexibility index (Phi) is 8.50. The fourth-order valence-electron chi connectivity index (χ4n) is 4.37. The van der Waals surface area contributed by atoms with Crippen molar-refractivity contribution in [3.8, 4) is 5.75 Å². The molecule has 8 nitrogen and oxygen atoms in total. The lowest BCUT2D eigenvalue weighted by Crippen LogP contribution is -2.29. The Balaban J connectivity index is 1.83. The van der Waals surface area contributed by atoms with Crippen LogP contribution in [0.15, 0.2) is 54.1 Å². The van der Waals surface area contributed by atoms with Crippen LogP contribution in [-0.4, -0.2) is 41.5 Å². The van der Waals surface area contributed by atoms with Crippen LogP contribution in [0, 0.1) is 6.92 Å². The molecule has 2 aromatic carbocycles. The van der Waals surface area contributed by atoms with Crippen molar-refractivity contribution in [3.05, 3.63) is 81.4 Å². The molecule has 1 atom stereocenters. The van der Waals surface area contributed by atoms with Gasteiger partial charge in [-0.1, -0.05) is 62.8 Å². The molecule has 1 amide bonds. The Bertz CT molecular complexity index is 1410. The number of hydrogen-bond donors (Lipinski definition) is 1. The van der Waals surface area contributed by atoms with Gasteiger partial charge in [-0.3, -0.25) is 14.5 Å².